The minimum absolute atomic E-state index is 0.308. The highest BCUT2D eigenvalue weighted by molar-refractivity contribution is 5.97. The van der Waals surface area contributed by atoms with E-state index in [9.17, 15) is 4.79 Å². The van der Waals surface area contributed by atoms with Crippen molar-refractivity contribution in [3.05, 3.63) is 36.4 Å². The van der Waals surface area contributed by atoms with Crippen LogP contribution in [0.2, 0.25) is 0 Å². The van der Waals surface area contributed by atoms with Crippen molar-refractivity contribution in [3.63, 3.8) is 0 Å². The lowest BCUT2D eigenvalue weighted by Gasteiger charge is -1.97. The molecule has 0 unspecified atom stereocenters. The van der Waals surface area contributed by atoms with E-state index in [1.807, 2.05) is 12.3 Å². The lowest BCUT2D eigenvalue weighted by Crippen LogP contribution is -2.14. The molecule has 2 heterocycles. The van der Waals surface area contributed by atoms with Crippen LogP contribution in [0, 0.1) is 0 Å². The molecule has 2 N–H and O–H groups in total. The molecule has 0 aromatic carbocycles. The molecule has 0 bridgehead atoms. The van der Waals surface area contributed by atoms with Gasteiger partial charge in [-0.1, -0.05) is 0 Å². The highest BCUT2D eigenvalue weighted by atomic mass is 16.1. The van der Waals surface area contributed by atoms with Gasteiger partial charge in [0.15, 0.2) is 5.69 Å². The van der Waals surface area contributed by atoms with Crippen LogP contribution < -0.4 is 5.73 Å². The SMILES string of the molecule is NC(=O)c1nccn2cccc12. The molecule has 0 spiro atoms. The van der Waals surface area contributed by atoms with Crippen molar-refractivity contribution in [1.29, 1.82) is 0 Å². The average Bonchev–Trinajstić information content (AvgIpc) is 2.49. The molecule has 0 atom stereocenters. The number of hydrogen-bond donors (Lipinski definition) is 1. The summed E-state index contributed by atoms with van der Waals surface area (Å²) in [6, 6.07) is 3.64. The van der Waals surface area contributed by atoms with Crippen LogP contribution in [0.3, 0.4) is 0 Å². The van der Waals surface area contributed by atoms with E-state index in [-0.39, 0.29) is 0 Å². The van der Waals surface area contributed by atoms with Crippen LogP contribution in [0.5, 0.6) is 0 Å². The molecule has 2 rings (SSSR count). The first kappa shape index (κ1) is 6.84. The van der Waals surface area contributed by atoms with Crippen molar-refractivity contribution in [3.8, 4) is 0 Å². The summed E-state index contributed by atoms with van der Waals surface area (Å²) >= 11 is 0. The van der Waals surface area contributed by atoms with Gasteiger partial charge in [-0.05, 0) is 12.1 Å². The van der Waals surface area contributed by atoms with E-state index in [0.717, 1.165) is 5.52 Å². The highest BCUT2D eigenvalue weighted by Gasteiger charge is 2.06. The van der Waals surface area contributed by atoms with Gasteiger partial charge in [-0.15, -0.1) is 0 Å². The molecule has 60 valence electrons. The molecule has 2 aromatic rings. The summed E-state index contributed by atoms with van der Waals surface area (Å²) in [7, 11) is 0. The number of nitrogens with two attached hydrogens (primary N) is 1. The number of carbonyl (C=O) groups is 1. The molecule has 4 heteroatoms. The van der Waals surface area contributed by atoms with Gasteiger partial charge in [0.05, 0.1) is 5.52 Å². The van der Waals surface area contributed by atoms with Gasteiger partial charge in [-0.25, -0.2) is 4.98 Å². The fourth-order valence-electron chi connectivity index (χ4n) is 1.16. The van der Waals surface area contributed by atoms with Crippen LogP contribution >= 0.6 is 0 Å². The molecule has 0 aliphatic heterocycles. The summed E-state index contributed by atoms with van der Waals surface area (Å²) in [4.78, 5) is 14.7. The van der Waals surface area contributed by atoms with Crippen molar-refractivity contribution < 1.29 is 4.79 Å². The zero-order valence-electron chi connectivity index (χ0n) is 6.27. The van der Waals surface area contributed by atoms with Crippen LogP contribution in [0.1, 0.15) is 10.5 Å². The summed E-state index contributed by atoms with van der Waals surface area (Å²) in [5.74, 6) is -0.501. The first-order valence-corrected chi connectivity index (χ1v) is 3.50. The second kappa shape index (κ2) is 2.34. The summed E-state index contributed by atoms with van der Waals surface area (Å²) in [6.07, 6.45) is 5.15. The molecule has 0 aliphatic carbocycles. The minimum Gasteiger partial charge on any atom is -0.364 e. The third-order valence-electron chi connectivity index (χ3n) is 1.69. The Bertz CT molecular complexity index is 433. The summed E-state index contributed by atoms with van der Waals surface area (Å²) in [5, 5.41) is 0. The van der Waals surface area contributed by atoms with E-state index in [4.69, 9.17) is 5.73 Å². The maximum atomic E-state index is 10.9. The Balaban J connectivity index is 2.82. The lowest BCUT2D eigenvalue weighted by atomic mass is 10.3. The number of amides is 1. The largest absolute Gasteiger partial charge is 0.364 e. The second-order valence-corrected chi connectivity index (χ2v) is 2.44. The minimum atomic E-state index is -0.501. The quantitative estimate of drug-likeness (QED) is 0.659. The standard InChI is InChI=1S/C8H7N3O/c9-8(12)7-6-2-1-4-11(6)5-3-10-7/h1-5H,(H2,9,12). The number of aromatic nitrogens is 2. The van der Waals surface area contributed by atoms with Crippen LogP contribution in [0.15, 0.2) is 30.7 Å². The molecule has 0 fully saturated rings. The van der Waals surface area contributed by atoms with Crippen molar-refractivity contribution >= 4 is 11.4 Å². The first-order valence-electron chi connectivity index (χ1n) is 3.50. The second-order valence-electron chi connectivity index (χ2n) is 2.44. The zero-order chi connectivity index (χ0) is 8.55. The lowest BCUT2D eigenvalue weighted by molar-refractivity contribution is 0.0997. The van der Waals surface area contributed by atoms with Gasteiger partial charge in [0.25, 0.3) is 5.91 Å². The molecular formula is C8H7N3O. The predicted octanol–water partition coefficient (Wildman–Crippen LogP) is 0.433. The predicted molar refractivity (Wildman–Crippen MR) is 43.7 cm³/mol. The summed E-state index contributed by atoms with van der Waals surface area (Å²) in [6.45, 7) is 0. The first-order chi connectivity index (χ1) is 5.79. The fourth-order valence-corrected chi connectivity index (χ4v) is 1.16. The molecule has 0 saturated carbocycles. The van der Waals surface area contributed by atoms with Crippen molar-refractivity contribution in [2.45, 2.75) is 0 Å². The van der Waals surface area contributed by atoms with Crippen molar-refractivity contribution in [1.82, 2.24) is 9.38 Å². The highest BCUT2D eigenvalue weighted by Crippen LogP contribution is 2.07. The van der Waals surface area contributed by atoms with Crippen LogP contribution in [-0.2, 0) is 0 Å². The normalized spacial score (nSPS) is 10.3. The van der Waals surface area contributed by atoms with E-state index in [1.165, 1.54) is 0 Å². The molecule has 12 heavy (non-hydrogen) atoms. The fraction of sp³-hybridized carbons (Fsp3) is 0. The Morgan fingerprint density at radius 3 is 3.08 bits per heavy atom. The number of primary amides is 1. The van der Waals surface area contributed by atoms with Gasteiger partial charge in [0, 0.05) is 18.6 Å². The Hall–Kier alpha value is -1.84. The molecule has 2 aromatic heterocycles. The Morgan fingerprint density at radius 2 is 2.33 bits per heavy atom. The molecule has 0 aliphatic rings. The molecular weight excluding hydrogens is 154 g/mol. The van der Waals surface area contributed by atoms with E-state index >= 15 is 0 Å². The van der Waals surface area contributed by atoms with E-state index in [2.05, 4.69) is 4.98 Å². The summed E-state index contributed by atoms with van der Waals surface area (Å²) in [5.41, 5.74) is 6.17. The van der Waals surface area contributed by atoms with E-state index in [1.54, 1.807) is 22.9 Å². The van der Waals surface area contributed by atoms with E-state index < -0.39 is 5.91 Å². The molecule has 0 saturated heterocycles. The Labute approximate surface area is 68.6 Å². The van der Waals surface area contributed by atoms with Crippen LogP contribution in [-0.4, -0.2) is 15.3 Å². The number of nitrogens with zero attached hydrogens (tertiary/aromatic N) is 2. The zero-order valence-corrected chi connectivity index (χ0v) is 6.27. The maximum Gasteiger partial charge on any atom is 0.269 e. The number of fused-ring (bicyclic) bond motifs is 1. The number of carbonyl (C=O) groups excluding carboxylic acids is 1. The average molecular weight is 161 g/mol. The van der Waals surface area contributed by atoms with Crippen LogP contribution in [0.25, 0.3) is 5.52 Å². The third kappa shape index (κ3) is 0.852. The molecule has 4 nitrogen and oxygen atoms in total. The van der Waals surface area contributed by atoms with Gasteiger partial charge in [0.1, 0.15) is 0 Å². The molecule has 1 amide bonds. The van der Waals surface area contributed by atoms with Crippen molar-refractivity contribution in [2.75, 3.05) is 0 Å². The van der Waals surface area contributed by atoms with Gasteiger partial charge >= 0.3 is 0 Å². The topological polar surface area (TPSA) is 60.4 Å². The number of hydrogen-bond acceptors (Lipinski definition) is 2. The monoisotopic (exact) mass is 161 g/mol. The van der Waals surface area contributed by atoms with Crippen LogP contribution in [0.4, 0.5) is 0 Å². The Morgan fingerprint density at radius 1 is 1.50 bits per heavy atom. The van der Waals surface area contributed by atoms with Gasteiger partial charge in [-0.2, -0.15) is 0 Å². The third-order valence-corrected chi connectivity index (χ3v) is 1.69. The van der Waals surface area contributed by atoms with E-state index in [0.29, 0.717) is 5.69 Å². The maximum absolute atomic E-state index is 10.9. The smallest absolute Gasteiger partial charge is 0.269 e. The van der Waals surface area contributed by atoms with Gasteiger partial charge < -0.3 is 10.1 Å². The van der Waals surface area contributed by atoms with Gasteiger partial charge in [0.2, 0.25) is 0 Å². The van der Waals surface area contributed by atoms with Gasteiger partial charge in [-0.3, -0.25) is 4.79 Å². The van der Waals surface area contributed by atoms with Crippen molar-refractivity contribution in [2.24, 2.45) is 5.73 Å². The number of rotatable bonds is 1. The Kier molecular flexibility index (Phi) is 1.33. The summed E-state index contributed by atoms with van der Waals surface area (Å²) < 4.78 is 1.80. The molecule has 0 radical (unpaired) electrons.